The summed E-state index contributed by atoms with van der Waals surface area (Å²) >= 11 is 0. The molecule has 0 heterocycles. The highest BCUT2D eigenvalue weighted by Gasteiger charge is 2.06. The molecule has 0 aromatic rings. The summed E-state index contributed by atoms with van der Waals surface area (Å²) in [5.41, 5.74) is 1.57. The normalized spacial score (nSPS) is 13.9. The number of hydrogen-bond acceptors (Lipinski definition) is 2. The molecule has 2 nitrogen and oxygen atoms in total. The van der Waals surface area contributed by atoms with E-state index in [1.165, 1.54) is 0 Å². The first kappa shape index (κ1) is 10.1. The lowest BCUT2D eigenvalue weighted by molar-refractivity contribution is 0.771. The van der Waals surface area contributed by atoms with E-state index in [2.05, 4.69) is 5.18 Å². The van der Waals surface area contributed by atoms with Gasteiger partial charge in [0, 0.05) is 0 Å². The maximum Gasteiger partial charge on any atom is 0.106 e. The summed E-state index contributed by atoms with van der Waals surface area (Å²) in [5, 5.41) is 2.94. The quantitative estimate of drug-likeness (QED) is 0.452. The van der Waals surface area contributed by atoms with Gasteiger partial charge in [-0.05, 0) is 30.5 Å². The van der Waals surface area contributed by atoms with Crippen molar-refractivity contribution in [2.24, 2.45) is 11.1 Å². The largest absolute Gasteiger partial charge is 0.145 e. The number of nitroso groups, excluding NO2 is 1. The fourth-order valence-electron chi connectivity index (χ4n) is 1.05. The van der Waals surface area contributed by atoms with Gasteiger partial charge in [0.05, 0.1) is 0 Å². The van der Waals surface area contributed by atoms with Crippen LogP contribution in [0.15, 0.2) is 28.6 Å². The number of hydrogen-bond donors (Lipinski definition) is 0. The molecule has 0 atom stereocenters. The SMILES string of the molecule is C/C=C(\C(=C/C)N=O)C(C)C. The van der Waals surface area contributed by atoms with Gasteiger partial charge in [0.2, 0.25) is 0 Å². The molecule has 0 amide bonds. The van der Waals surface area contributed by atoms with Crippen molar-refractivity contribution in [1.82, 2.24) is 0 Å². The monoisotopic (exact) mass is 153 g/mol. The average Bonchev–Trinajstić information content (AvgIpc) is 1.99. The van der Waals surface area contributed by atoms with Crippen molar-refractivity contribution in [2.45, 2.75) is 27.7 Å². The lowest BCUT2D eigenvalue weighted by atomic mass is 10.00. The van der Waals surface area contributed by atoms with Gasteiger partial charge in [-0.25, -0.2) is 0 Å². The Kier molecular flexibility index (Phi) is 4.42. The average molecular weight is 153 g/mol. The molecule has 2 heteroatoms. The zero-order valence-electron chi connectivity index (χ0n) is 7.59. The van der Waals surface area contributed by atoms with Gasteiger partial charge in [-0.15, -0.1) is 4.91 Å². The van der Waals surface area contributed by atoms with Crippen LogP contribution in [0.2, 0.25) is 0 Å². The van der Waals surface area contributed by atoms with E-state index in [1.807, 2.05) is 33.8 Å². The van der Waals surface area contributed by atoms with Gasteiger partial charge in [-0.2, -0.15) is 0 Å². The molecule has 0 saturated carbocycles. The lowest BCUT2D eigenvalue weighted by Gasteiger charge is -2.07. The van der Waals surface area contributed by atoms with E-state index in [0.29, 0.717) is 11.6 Å². The molecule has 0 aliphatic carbocycles. The van der Waals surface area contributed by atoms with Crippen molar-refractivity contribution in [3.63, 3.8) is 0 Å². The van der Waals surface area contributed by atoms with Crippen LogP contribution >= 0.6 is 0 Å². The van der Waals surface area contributed by atoms with E-state index in [0.717, 1.165) is 5.57 Å². The Balaban J connectivity index is 4.64. The smallest absolute Gasteiger partial charge is 0.106 e. The minimum atomic E-state index is 0.365. The molecule has 0 bridgehead atoms. The predicted octanol–water partition coefficient (Wildman–Crippen LogP) is 3.26. The zero-order chi connectivity index (χ0) is 8.85. The molecule has 0 unspecified atom stereocenters. The summed E-state index contributed by atoms with van der Waals surface area (Å²) < 4.78 is 0. The zero-order valence-corrected chi connectivity index (χ0v) is 7.59. The van der Waals surface area contributed by atoms with Crippen LogP contribution in [0, 0.1) is 10.8 Å². The van der Waals surface area contributed by atoms with Crippen molar-refractivity contribution < 1.29 is 0 Å². The Bertz CT molecular complexity index is 190. The van der Waals surface area contributed by atoms with Gasteiger partial charge >= 0.3 is 0 Å². The molecular weight excluding hydrogens is 138 g/mol. The first-order valence-corrected chi connectivity index (χ1v) is 3.83. The third-order valence-electron chi connectivity index (χ3n) is 1.60. The molecule has 11 heavy (non-hydrogen) atoms. The maximum absolute atomic E-state index is 10.3. The van der Waals surface area contributed by atoms with Crippen molar-refractivity contribution in [3.05, 3.63) is 28.3 Å². The minimum Gasteiger partial charge on any atom is -0.145 e. The lowest BCUT2D eigenvalue weighted by Crippen LogP contribution is -1.95. The Labute approximate surface area is 68.0 Å². The van der Waals surface area contributed by atoms with Crippen LogP contribution < -0.4 is 0 Å². The summed E-state index contributed by atoms with van der Waals surface area (Å²) in [6, 6.07) is 0. The second-order valence-electron chi connectivity index (χ2n) is 2.66. The third kappa shape index (κ3) is 2.66. The first-order chi connectivity index (χ1) is 5.17. The van der Waals surface area contributed by atoms with Crippen LogP contribution in [0.5, 0.6) is 0 Å². The van der Waals surface area contributed by atoms with Crippen LogP contribution in [0.25, 0.3) is 0 Å². The Morgan fingerprint density at radius 2 is 1.82 bits per heavy atom. The van der Waals surface area contributed by atoms with E-state index in [-0.39, 0.29) is 0 Å². The summed E-state index contributed by atoms with van der Waals surface area (Å²) in [6.07, 6.45) is 3.67. The standard InChI is InChI=1S/C9H15NO/c1-5-8(7(3)4)9(6-2)10-11/h5-7H,1-4H3/b8-5-,9-6+. The molecule has 0 aromatic carbocycles. The van der Waals surface area contributed by atoms with Crippen LogP contribution in [0.1, 0.15) is 27.7 Å². The summed E-state index contributed by atoms with van der Waals surface area (Å²) in [7, 11) is 0. The van der Waals surface area contributed by atoms with Crippen molar-refractivity contribution >= 4 is 0 Å². The molecule has 0 saturated heterocycles. The molecule has 0 fully saturated rings. The molecule has 0 rings (SSSR count). The van der Waals surface area contributed by atoms with Crippen LogP contribution in [0.3, 0.4) is 0 Å². The molecule has 0 N–H and O–H groups in total. The maximum atomic E-state index is 10.3. The van der Waals surface area contributed by atoms with E-state index in [9.17, 15) is 4.91 Å². The highest BCUT2D eigenvalue weighted by Crippen LogP contribution is 2.19. The Morgan fingerprint density at radius 1 is 1.27 bits per heavy atom. The topological polar surface area (TPSA) is 29.4 Å². The van der Waals surface area contributed by atoms with Gasteiger partial charge in [0.25, 0.3) is 0 Å². The van der Waals surface area contributed by atoms with Crippen LogP contribution in [0.4, 0.5) is 0 Å². The fraction of sp³-hybridized carbons (Fsp3) is 0.556. The molecular formula is C9H15NO. The Hall–Kier alpha value is -0.920. The van der Waals surface area contributed by atoms with Crippen LogP contribution in [-0.2, 0) is 0 Å². The van der Waals surface area contributed by atoms with E-state index in [4.69, 9.17) is 0 Å². The molecule has 0 aliphatic rings. The van der Waals surface area contributed by atoms with E-state index >= 15 is 0 Å². The highest BCUT2D eigenvalue weighted by atomic mass is 16.3. The number of nitrogens with zero attached hydrogens (tertiary/aromatic N) is 1. The molecule has 0 radical (unpaired) electrons. The van der Waals surface area contributed by atoms with Gasteiger partial charge < -0.3 is 0 Å². The molecule has 62 valence electrons. The van der Waals surface area contributed by atoms with Gasteiger partial charge in [0.15, 0.2) is 0 Å². The number of rotatable bonds is 3. The third-order valence-corrected chi connectivity index (χ3v) is 1.60. The van der Waals surface area contributed by atoms with Crippen molar-refractivity contribution in [3.8, 4) is 0 Å². The fourth-order valence-corrected chi connectivity index (χ4v) is 1.05. The van der Waals surface area contributed by atoms with Crippen molar-refractivity contribution in [1.29, 1.82) is 0 Å². The second kappa shape index (κ2) is 4.83. The van der Waals surface area contributed by atoms with Crippen LogP contribution in [-0.4, -0.2) is 0 Å². The van der Waals surface area contributed by atoms with E-state index in [1.54, 1.807) is 6.08 Å². The summed E-state index contributed by atoms with van der Waals surface area (Å²) in [4.78, 5) is 10.3. The summed E-state index contributed by atoms with van der Waals surface area (Å²) in [5.74, 6) is 0.365. The minimum absolute atomic E-state index is 0.365. The first-order valence-electron chi connectivity index (χ1n) is 3.83. The summed E-state index contributed by atoms with van der Waals surface area (Å²) in [6.45, 7) is 7.83. The molecule has 0 aromatic heterocycles. The predicted molar refractivity (Wildman–Crippen MR) is 48.1 cm³/mol. The van der Waals surface area contributed by atoms with Crippen molar-refractivity contribution in [2.75, 3.05) is 0 Å². The second-order valence-corrected chi connectivity index (χ2v) is 2.66. The van der Waals surface area contributed by atoms with Gasteiger partial charge in [-0.1, -0.05) is 26.0 Å². The van der Waals surface area contributed by atoms with Gasteiger partial charge in [0.1, 0.15) is 5.70 Å². The number of allylic oxidation sites excluding steroid dienone is 3. The van der Waals surface area contributed by atoms with Gasteiger partial charge in [-0.3, -0.25) is 0 Å². The Morgan fingerprint density at radius 3 is 1.91 bits per heavy atom. The van der Waals surface area contributed by atoms with E-state index < -0.39 is 0 Å². The molecule has 0 spiro atoms. The highest BCUT2D eigenvalue weighted by molar-refractivity contribution is 5.30. The molecule has 0 aliphatic heterocycles.